The van der Waals surface area contributed by atoms with E-state index in [9.17, 15) is 4.79 Å². The van der Waals surface area contributed by atoms with Crippen LogP contribution in [-0.4, -0.2) is 37.9 Å². The molecular weight excluding hydrogens is 206 g/mol. The molecule has 4 nitrogen and oxygen atoms in total. The maximum Gasteiger partial charge on any atom is 0.334 e. The van der Waals surface area contributed by atoms with Gasteiger partial charge in [0.15, 0.2) is 0 Å². The Balaban J connectivity index is 2.23. The van der Waals surface area contributed by atoms with Crippen LogP contribution in [0.1, 0.15) is 26.7 Å². The SMILES string of the molecule is C=C(CNC1CCOC(C)C1)C(=O)OCC. The minimum atomic E-state index is -0.310. The summed E-state index contributed by atoms with van der Waals surface area (Å²) in [7, 11) is 0. The van der Waals surface area contributed by atoms with Gasteiger partial charge in [-0.3, -0.25) is 0 Å². The van der Waals surface area contributed by atoms with Crippen LogP contribution in [-0.2, 0) is 14.3 Å². The molecule has 0 aromatic heterocycles. The van der Waals surface area contributed by atoms with Crippen LogP contribution in [0.2, 0.25) is 0 Å². The predicted octanol–water partition coefficient (Wildman–Crippen LogP) is 1.26. The minimum Gasteiger partial charge on any atom is -0.463 e. The number of nitrogens with one attached hydrogen (secondary N) is 1. The molecule has 0 aliphatic carbocycles. The lowest BCUT2D eigenvalue weighted by Crippen LogP contribution is -2.39. The van der Waals surface area contributed by atoms with Gasteiger partial charge >= 0.3 is 5.97 Å². The maximum absolute atomic E-state index is 11.3. The molecule has 2 unspecified atom stereocenters. The van der Waals surface area contributed by atoms with Crippen molar-refractivity contribution in [2.24, 2.45) is 0 Å². The summed E-state index contributed by atoms with van der Waals surface area (Å²) < 4.78 is 10.3. The highest BCUT2D eigenvalue weighted by Crippen LogP contribution is 2.13. The van der Waals surface area contributed by atoms with E-state index >= 15 is 0 Å². The van der Waals surface area contributed by atoms with Crippen molar-refractivity contribution < 1.29 is 14.3 Å². The van der Waals surface area contributed by atoms with E-state index in [4.69, 9.17) is 9.47 Å². The summed E-state index contributed by atoms with van der Waals surface area (Å²) in [5, 5.41) is 3.31. The van der Waals surface area contributed by atoms with Crippen LogP contribution in [0.25, 0.3) is 0 Å². The molecule has 0 spiro atoms. The van der Waals surface area contributed by atoms with Crippen LogP contribution in [0.15, 0.2) is 12.2 Å². The maximum atomic E-state index is 11.3. The number of rotatable bonds is 5. The molecule has 1 aliphatic heterocycles. The van der Waals surface area contributed by atoms with Crippen molar-refractivity contribution in [2.45, 2.75) is 38.8 Å². The molecule has 0 radical (unpaired) electrons. The van der Waals surface area contributed by atoms with Crippen molar-refractivity contribution in [2.75, 3.05) is 19.8 Å². The predicted molar refractivity (Wildman–Crippen MR) is 62.2 cm³/mol. The van der Waals surface area contributed by atoms with Gasteiger partial charge in [-0.1, -0.05) is 6.58 Å². The molecule has 0 aromatic carbocycles. The van der Waals surface area contributed by atoms with E-state index in [1.54, 1.807) is 6.92 Å². The van der Waals surface area contributed by atoms with Gasteiger partial charge in [-0.25, -0.2) is 4.79 Å². The number of hydrogen-bond acceptors (Lipinski definition) is 4. The lowest BCUT2D eigenvalue weighted by atomic mass is 10.0. The Morgan fingerprint density at radius 1 is 1.62 bits per heavy atom. The van der Waals surface area contributed by atoms with E-state index in [0.717, 1.165) is 19.4 Å². The molecule has 0 bridgehead atoms. The van der Waals surface area contributed by atoms with Gasteiger partial charge in [-0.2, -0.15) is 0 Å². The number of esters is 1. The lowest BCUT2D eigenvalue weighted by Gasteiger charge is -2.28. The Bertz CT molecular complexity index is 253. The fraction of sp³-hybridized carbons (Fsp3) is 0.750. The standard InChI is InChI=1S/C12H21NO3/c1-4-15-12(14)9(2)8-13-11-5-6-16-10(3)7-11/h10-11,13H,2,4-8H2,1,3H3. The fourth-order valence-electron chi connectivity index (χ4n) is 1.76. The highest BCUT2D eigenvalue weighted by atomic mass is 16.5. The van der Waals surface area contributed by atoms with Crippen molar-refractivity contribution in [3.63, 3.8) is 0 Å². The van der Waals surface area contributed by atoms with E-state index in [0.29, 0.717) is 30.9 Å². The van der Waals surface area contributed by atoms with E-state index in [1.165, 1.54) is 0 Å². The third kappa shape index (κ3) is 4.33. The zero-order chi connectivity index (χ0) is 12.0. The van der Waals surface area contributed by atoms with Gasteiger partial charge in [0, 0.05) is 24.8 Å². The summed E-state index contributed by atoms with van der Waals surface area (Å²) in [5.74, 6) is -0.310. The van der Waals surface area contributed by atoms with Gasteiger partial charge in [-0.05, 0) is 26.7 Å². The van der Waals surface area contributed by atoms with Gasteiger partial charge in [0.05, 0.1) is 12.7 Å². The Morgan fingerprint density at radius 3 is 3.00 bits per heavy atom. The Labute approximate surface area is 97.0 Å². The van der Waals surface area contributed by atoms with E-state index < -0.39 is 0 Å². The average molecular weight is 227 g/mol. The van der Waals surface area contributed by atoms with Crippen molar-refractivity contribution >= 4 is 5.97 Å². The molecule has 16 heavy (non-hydrogen) atoms. The third-order valence-corrected chi connectivity index (χ3v) is 2.65. The second-order valence-electron chi connectivity index (χ2n) is 4.11. The van der Waals surface area contributed by atoms with Gasteiger partial charge in [0.1, 0.15) is 0 Å². The van der Waals surface area contributed by atoms with Crippen LogP contribution < -0.4 is 5.32 Å². The molecule has 0 aromatic rings. The molecule has 0 saturated carbocycles. The number of ether oxygens (including phenoxy) is 2. The molecule has 1 aliphatic rings. The van der Waals surface area contributed by atoms with E-state index in [2.05, 4.69) is 18.8 Å². The van der Waals surface area contributed by atoms with Crippen LogP contribution >= 0.6 is 0 Å². The number of carbonyl (C=O) groups is 1. The normalized spacial score (nSPS) is 25.1. The minimum absolute atomic E-state index is 0.294. The summed E-state index contributed by atoms with van der Waals surface area (Å²) in [4.78, 5) is 11.3. The van der Waals surface area contributed by atoms with Gasteiger partial charge in [-0.15, -0.1) is 0 Å². The van der Waals surface area contributed by atoms with Crippen molar-refractivity contribution in [1.29, 1.82) is 0 Å². The topological polar surface area (TPSA) is 47.6 Å². The molecule has 0 amide bonds. The number of hydrogen-bond donors (Lipinski definition) is 1. The average Bonchev–Trinajstić information content (AvgIpc) is 2.26. The molecular formula is C12H21NO3. The van der Waals surface area contributed by atoms with E-state index in [1.807, 2.05) is 0 Å². The molecule has 1 N–H and O–H groups in total. The second kappa shape index (κ2) is 6.66. The summed E-state index contributed by atoms with van der Waals surface area (Å²) in [6.45, 7) is 9.24. The first kappa shape index (κ1) is 13.2. The van der Waals surface area contributed by atoms with Crippen molar-refractivity contribution in [3.8, 4) is 0 Å². The third-order valence-electron chi connectivity index (χ3n) is 2.65. The molecule has 92 valence electrons. The quantitative estimate of drug-likeness (QED) is 0.567. The van der Waals surface area contributed by atoms with Crippen LogP contribution in [0.3, 0.4) is 0 Å². The molecule has 1 saturated heterocycles. The Morgan fingerprint density at radius 2 is 2.38 bits per heavy atom. The zero-order valence-electron chi connectivity index (χ0n) is 10.1. The Kier molecular flexibility index (Phi) is 5.49. The zero-order valence-corrected chi connectivity index (χ0v) is 10.1. The summed E-state index contributed by atoms with van der Waals surface area (Å²) in [6, 6.07) is 0.412. The summed E-state index contributed by atoms with van der Waals surface area (Å²) in [6.07, 6.45) is 2.26. The summed E-state index contributed by atoms with van der Waals surface area (Å²) in [5.41, 5.74) is 0.487. The van der Waals surface area contributed by atoms with Gasteiger partial charge in [0.2, 0.25) is 0 Å². The monoisotopic (exact) mass is 227 g/mol. The van der Waals surface area contributed by atoms with Crippen LogP contribution in [0, 0.1) is 0 Å². The van der Waals surface area contributed by atoms with Crippen LogP contribution in [0.5, 0.6) is 0 Å². The largest absolute Gasteiger partial charge is 0.463 e. The molecule has 1 fully saturated rings. The van der Waals surface area contributed by atoms with Crippen LogP contribution in [0.4, 0.5) is 0 Å². The van der Waals surface area contributed by atoms with Crippen molar-refractivity contribution in [3.05, 3.63) is 12.2 Å². The smallest absolute Gasteiger partial charge is 0.334 e. The molecule has 1 rings (SSSR count). The first-order valence-corrected chi connectivity index (χ1v) is 5.83. The van der Waals surface area contributed by atoms with Crippen molar-refractivity contribution in [1.82, 2.24) is 5.32 Å². The lowest BCUT2D eigenvalue weighted by molar-refractivity contribution is -0.138. The number of carbonyl (C=O) groups excluding carboxylic acids is 1. The fourth-order valence-corrected chi connectivity index (χ4v) is 1.76. The van der Waals surface area contributed by atoms with E-state index in [-0.39, 0.29) is 5.97 Å². The Hall–Kier alpha value is -0.870. The molecule has 4 heteroatoms. The second-order valence-corrected chi connectivity index (χ2v) is 4.11. The highest BCUT2D eigenvalue weighted by molar-refractivity contribution is 5.88. The van der Waals surface area contributed by atoms with Gasteiger partial charge < -0.3 is 14.8 Å². The highest BCUT2D eigenvalue weighted by Gasteiger charge is 2.19. The molecule has 1 heterocycles. The summed E-state index contributed by atoms with van der Waals surface area (Å²) >= 11 is 0. The molecule has 2 atom stereocenters. The van der Waals surface area contributed by atoms with Gasteiger partial charge in [0.25, 0.3) is 0 Å². The first-order valence-electron chi connectivity index (χ1n) is 5.83. The first-order chi connectivity index (χ1) is 7.63.